The predicted molar refractivity (Wildman–Crippen MR) is 55.0 cm³/mol. The van der Waals surface area contributed by atoms with Crippen molar-refractivity contribution >= 4 is 32.2 Å². The second kappa shape index (κ2) is 2.23. The molecule has 0 saturated heterocycles. The summed E-state index contributed by atoms with van der Waals surface area (Å²) in [5.41, 5.74) is 6.73. The van der Waals surface area contributed by atoms with Crippen LogP contribution in [0.2, 0.25) is 0 Å². The first-order valence-corrected chi connectivity index (χ1v) is 4.79. The van der Waals surface area contributed by atoms with E-state index in [0.717, 1.165) is 10.3 Å². The third-order valence-electron chi connectivity index (χ3n) is 2.00. The van der Waals surface area contributed by atoms with Crippen molar-refractivity contribution in [1.29, 1.82) is 0 Å². The fourth-order valence-corrected chi connectivity index (χ4v) is 2.49. The highest BCUT2D eigenvalue weighted by Crippen LogP contribution is 2.26. The van der Waals surface area contributed by atoms with Gasteiger partial charge in [0.1, 0.15) is 10.6 Å². The monoisotopic (exact) mass is 189 g/mol. The number of anilines is 1. The lowest BCUT2D eigenvalue weighted by atomic mass is 10.3. The number of para-hydroxylation sites is 1. The Morgan fingerprint density at radius 2 is 2.15 bits per heavy atom. The molecule has 0 unspecified atom stereocenters. The van der Waals surface area contributed by atoms with Gasteiger partial charge in [-0.1, -0.05) is 12.1 Å². The molecule has 3 aromatic rings. The van der Waals surface area contributed by atoms with Gasteiger partial charge >= 0.3 is 0 Å². The quantitative estimate of drug-likeness (QED) is 0.588. The average molecular weight is 189 g/mol. The lowest BCUT2D eigenvalue weighted by molar-refractivity contribution is 1.02. The van der Waals surface area contributed by atoms with Crippen molar-refractivity contribution in [3.05, 3.63) is 30.3 Å². The average Bonchev–Trinajstić information content (AvgIpc) is 2.60. The van der Waals surface area contributed by atoms with Crippen LogP contribution in [-0.4, -0.2) is 9.61 Å². The Bertz CT molecular complexity index is 579. The topological polar surface area (TPSA) is 43.3 Å². The number of rotatable bonds is 0. The summed E-state index contributed by atoms with van der Waals surface area (Å²) >= 11 is 1.70. The fourth-order valence-electron chi connectivity index (χ4n) is 1.46. The molecule has 2 aromatic heterocycles. The molecule has 3 nitrogen and oxygen atoms in total. The lowest BCUT2D eigenvalue weighted by Gasteiger charge is -1.87. The second-order valence-electron chi connectivity index (χ2n) is 2.89. The number of hydrogen-bond acceptors (Lipinski definition) is 3. The summed E-state index contributed by atoms with van der Waals surface area (Å²) < 4.78 is 3.12. The number of aromatic nitrogens is 2. The lowest BCUT2D eigenvalue weighted by Crippen LogP contribution is -1.87. The van der Waals surface area contributed by atoms with Crippen molar-refractivity contribution in [3.8, 4) is 0 Å². The van der Waals surface area contributed by atoms with Gasteiger partial charge in [-0.3, -0.25) is 0 Å². The highest BCUT2D eigenvalue weighted by atomic mass is 32.1. The molecule has 0 radical (unpaired) electrons. The zero-order chi connectivity index (χ0) is 8.84. The predicted octanol–water partition coefficient (Wildman–Crippen LogP) is 2.13. The van der Waals surface area contributed by atoms with Gasteiger partial charge in [-0.2, -0.15) is 0 Å². The molecular formula is C9H7N3S. The van der Waals surface area contributed by atoms with Crippen LogP contribution in [0.3, 0.4) is 0 Å². The van der Waals surface area contributed by atoms with Crippen LogP contribution in [0.5, 0.6) is 0 Å². The number of nitrogens with zero attached hydrogens (tertiary/aromatic N) is 2. The van der Waals surface area contributed by atoms with E-state index in [4.69, 9.17) is 5.73 Å². The van der Waals surface area contributed by atoms with E-state index < -0.39 is 0 Å². The zero-order valence-corrected chi connectivity index (χ0v) is 7.58. The molecule has 64 valence electrons. The van der Waals surface area contributed by atoms with E-state index in [1.807, 2.05) is 28.8 Å². The van der Waals surface area contributed by atoms with Gasteiger partial charge in [0.2, 0.25) is 0 Å². The molecule has 13 heavy (non-hydrogen) atoms. The minimum Gasteiger partial charge on any atom is -0.382 e. The molecule has 2 N–H and O–H groups in total. The van der Waals surface area contributed by atoms with E-state index >= 15 is 0 Å². The SMILES string of the molecule is Nc1cc2sc3ccccc3n2n1. The smallest absolute Gasteiger partial charge is 0.147 e. The molecule has 0 fully saturated rings. The van der Waals surface area contributed by atoms with Gasteiger partial charge in [0.25, 0.3) is 0 Å². The first kappa shape index (κ1) is 6.91. The van der Waals surface area contributed by atoms with Gasteiger partial charge in [-0.15, -0.1) is 16.4 Å². The second-order valence-corrected chi connectivity index (χ2v) is 3.95. The zero-order valence-electron chi connectivity index (χ0n) is 6.77. The van der Waals surface area contributed by atoms with Crippen molar-refractivity contribution in [1.82, 2.24) is 9.61 Å². The van der Waals surface area contributed by atoms with Crippen molar-refractivity contribution < 1.29 is 0 Å². The highest BCUT2D eigenvalue weighted by Gasteiger charge is 2.05. The Morgan fingerprint density at radius 1 is 1.31 bits per heavy atom. The standard InChI is InChI=1S/C9H7N3S/c10-8-5-9-12(11-8)6-3-1-2-4-7(6)13-9/h1-5H,(H2,10,11). The molecule has 0 aliphatic rings. The van der Waals surface area contributed by atoms with Gasteiger partial charge < -0.3 is 5.73 Å². The number of fused-ring (bicyclic) bond motifs is 3. The van der Waals surface area contributed by atoms with Gasteiger partial charge in [0.15, 0.2) is 0 Å². The summed E-state index contributed by atoms with van der Waals surface area (Å²) in [7, 11) is 0. The molecule has 0 atom stereocenters. The maximum Gasteiger partial charge on any atom is 0.147 e. The summed E-state index contributed by atoms with van der Waals surface area (Å²) in [6.45, 7) is 0. The van der Waals surface area contributed by atoms with E-state index in [1.165, 1.54) is 4.70 Å². The maximum atomic E-state index is 5.60. The molecule has 0 aliphatic carbocycles. The fraction of sp³-hybridized carbons (Fsp3) is 0. The highest BCUT2D eigenvalue weighted by molar-refractivity contribution is 7.23. The Hall–Kier alpha value is -1.55. The number of nitrogens with two attached hydrogens (primary N) is 1. The van der Waals surface area contributed by atoms with Crippen LogP contribution in [0.25, 0.3) is 15.0 Å². The summed E-state index contributed by atoms with van der Waals surface area (Å²) in [5, 5.41) is 4.21. The summed E-state index contributed by atoms with van der Waals surface area (Å²) in [5.74, 6) is 0.581. The molecule has 0 amide bonds. The Kier molecular flexibility index (Phi) is 1.19. The largest absolute Gasteiger partial charge is 0.382 e. The summed E-state index contributed by atoms with van der Waals surface area (Å²) in [6.07, 6.45) is 0. The van der Waals surface area contributed by atoms with Crippen LogP contribution in [0.15, 0.2) is 30.3 Å². The van der Waals surface area contributed by atoms with Crippen LogP contribution < -0.4 is 5.73 Å². The molecule has 2 heterocycles. The number of nitrogen functional groups attached to an aromatic ring is 1. The number of benzene rings is 1. The van der Waals surface area contributed by atoms with Crippen molar-refractivity contribution in [2.24, 2.45) is 0 Å². The third kappa shape index (κ3) is 0.860. The Labute approximate surface area is 78.4 Å². The normalized spacial score (nSPS) is 11.4. The molecule has 1 aromatic carbocycles. The van der Waals surface area contributed by atoms with Crippen LogP contribution in [0, 0.1) is 0 Å². The molecule has 3 rings (SSSR count). The minimum atomic E-state index is 0.581. The van der Waals surface area contributed by atoms with Gasteiger partial charge in [-0.05, 0) is 12.1 Å². The molecule has 0 aliphatic heterocycles. The van der Waals surface area contributed by atoms with E-state index in [1.54, 1.807) is 11.3 Å². The minimum absolute atomic E-state index is 0.581. The first-order chi connectivity index (χ1) is 6.34. The Morgan fingerprint density at radius 3 is 3.08 bits per heavy atom. The molecule has 0 bridgehead atoms. The summed E-state index contributed by atoms with van der Waals surface area (Å²) in [6, 6.07) is 10.1. The van der Waals surface area contributed by atoms with Crippen LogP contribution in [-0.2, 0) is 0 Å². The van der Waals surface area contributed by atoms with Crippen molar-refractivity contribution in [2.45, 2.75) is 0 Å². The summed E-state index contributed by atoms with van der Waals surface area (Å²) in [4.78, 5) is 1.10. The number of thiazole rings is 1. The van der Waals surface area contributed by atoms with Gasteiger partial charge in [0, 0.05) is 6.07 Å². The van der Waals surface area contributed by atoms with E-state index in [-0.39, 0.29) is 0 Å². The van der Waals surface area contributed by atoms with Crippen LogP contribution >= 0.6 is 11.3 Å². The molecule has 0 saturated carbocycles. The van der Waals surface area contributed by atoms with Crippen molar-refractivity contribution in [2.75, 3.05) is 5.73 Å². The maximum absolute atomic E-state index is 5.60. The molecule has 4 heteroatoms. The van der Waals surface area contributed by atoms with E-state index in [2.05, 4.69) is 11.2 Å². The van der Waals surface area contributed by atoms with Crippen LogP contribution in [0.4, 0.5) is 5.82 Å². The van der Waals surface area contributed by atoms with Gasteiger partial charge in [0.05, 0.1) is 10.2 Å². The first-order valence-electron chi connectivity index (χ1n) is 3.97. The Balaban J connectivity index is 2.60. The third-order valence-corrected chi connectivity index (χ3v) is 3.07. The molecular weight excluding hydrogens is 182 g/mol. The van der Waals surface area contributed by atoms with Crippen LogP contribution in [0.1, 0.15) is 0 Å². The molecule has 0 spiro atoms. The van der Waals surface area contributed by atoms with E-state index in [9.17, 15) is 0 Å². The van der Waals surface area contributed by atoms with Gasteiger partial charge in [-0.25, -0.2) is 4.52 Å². The van der Waals surface area contributed by atoms with Crippen molar-refractivity contribution in [3.63, 3.8) is 0 Å². The van der Waals surface area contributed by atoms with E-state index in [0.29, 0.717) is 5.82 Å². The number of hydrogen-bond donors (Lipinski definition) is 1.